The molecule has 11 heavy (non-hydrogen) atoms. The van der Waals surface area contributed by atoms with Crippen molar-refractivity contribution < 1.29 is 4.74 Å². The van der Waals surface area contributed by atoms with Gasteiger partial charge in [0.1, 0.15) is 0 Å². The summed E-state index contributed by atoms with van der Waals surface area (Å²) in [7, 11) is 1.27. The van der Waals surface area contributed by atoms with Gasteiger partial charge < -0.3 is 4.74 Å². The predicted molar refractivity (Wildman–Crippen MR) is 55.1 cm³/mol. The Bertz CT molecular complexity index is 117. The molecule has 0 amide bonds. The SMILES string of the molecule is CCC(CC1CO1)C(C)S[SiH3]. The van der Waals surface area contributed by atoms with Crippen molar-refractivity contribution in [2.45, 2.75) is 38.0 Å². The highest BCUT2D eigenvalue weighted by molar-refractivity contribution is 8.20. The van der Waals surface area contributed by atoms with Gasteiger partial charge in [0.2, 0.25) is 0 Å². The van der Waals surface area contributed by atoms with Crippen LogP contribution in [-0.2, 0) is 4.74 Å². The van der Waals surface area contributed by atoms with Crippen molar-refractivity contribution in [1.82, 2.24) is 0 Å². The summed E-state index contributed by atoms with van der Waals surface area (Å²) < 4.78 is 5.24. The first-order valence-corrected chi connectivity index (χ1v) is 8.16. The maximum atomic E-state index is 5.24. The molecule has 66 valence electrons. The lowest BCUT2D eigenvalue weighted by Gasteiger charge is -2.19. The Morgan fingerprint density at radius 3 is 2.73 bits per heavy atom. The molecule has 0 saturated carbocycles. The average Bonchev–Trinajstić information content (AvgIpc) is 2.82. The normalized spacial score (nSPS) is 28.4. The lowest BCUT2D eigenvalue weighted by Crippen LogP contribution is -2.15. The predicted octanol–water partition coefficient (Wildman–Crippen LogP) is 1.20. The van der Waals surface area contributed by atoms with Gasteiger partial charge in [0.15, 0.2) is 0 Å². The minimum Gasteiger partial charge on any atom is -0.373 e. The number of hydrogen-bond donors (Lipinski definition) is 0. The molecule has 0 aromatic heterocycles. The van der Waals surface area contributed by atoms with E-state index in [0.717, 1.165) is 17.8 Å². The van der Waals surface area contributed by atoms with Crippen LogP contribution < -0.4 is 0 Å². The van der Waals surface area contributed by atoms with E-state index in [2.05, 4.69) is 25.1 Å². The van der Waals surface area contributed by atoms with Crippen LogP contribution in [0.3, 0.4) is 0 Å². The van der Waals surface area contributed by atoms with Gasteiger partial charge >= 0.3 is 0 Å². The van der Waals surface area contributed by atoms with Crippen LogP contribution >= 0.6 is 11.2 Å². The molecule has 1 rings (SSSR count). The van der Waals surface area contributed by atoms with Gasteiger partial charge in [-0.3, -0.25) is 0 Å². The Kier molecular flexibility index (Phi) is 3.96. The van der Waals surface area contributed by atoms with Crippen LogP contribution in [0.5, 0.6) is 0 Å². The van der Waals surface area contributed by atoms with Crippen LogP contribution in [0.4, 0.5) is 0 Å². The molecule has 1 aliphatic heterocycles. The summed E-state index contributed by atoms with van der Waals surface area (Å²) in [5, 5.41) is 0.857. The number of epoxide rings is 1. The van der Waals surface area contributed by atoms with Gasteiger partial charge in [0.25, 0.3) is 0 Å². The van der Waals surface area contributed by atoms with Gasteiger partial charge in [0.05, 0.1) is 22.1 Å². The summed E-state index contributed by atoms with van der Waals surface area (Å²) in [5.41, 5.74) is 0. The molecular weight excluding hydrogens is 172 g/mol. The van der Waals surface area contributed by atoms with Gasteiger partial charge in [-0.15, -0.1) is 0 Å². The average molecular weight is 190 g/mol. The molecule has 3 heteroatoms. The number of rotatable bonds is 5. The fraction of sp³-hybridized carbons (Fsp3) is 1.00. The first-order chi connectivity index (χ1) is 5.27. The van der Waals surface area contributed by atoms with Gasteiger partial charge in [0, 0.05) is 0 Å². The molecule has 0 spiro atoms. The van der Waals surface area contributed by atoms with E-state index in [1.807, 2.05) is 0 Å². The van der Waals surface area contributed by atoms with E-state index in [0.29, 0.717) is 6.10 Å². The Balaban J connectivity index is 2.21. The van der Waals surface area contributed by atoms with E-state index < -0.39 is 0 Å². The maximum Gasteiger partial charge on any atom is 0.0813 e. The molecule has 3 atom stereocenters. The Morgan fingerprint density at radius 1 is 1.73 bits per heavy atom. The van der Waals surface area contributed by atoms with E-state index in [-0.39, 0.29) is 0 Å². The van der Waals surface area contributed by atoms with E-state index in [9.17, 15) is 0 Å². The van der Waals surface area contributed by atoms with E-state index in [1.54, 1.807) is 0 Å². The van der Waals surface area contributed by atoms with Crippen LogP contribution in [0.25, 0.3) is 0 Å². The topological polar surface area (TPSA) is 12.5 Å². The van der Waals surface area contributed by atoms with E-state index >= 15 is 0 Å². The second-order valence-electron chi connectivity index (χ2n) is 3.30. The summed E-state index contributed by atoms with van der Waals surface area (Å²) in [5.74, 6) is 0.894. The summed E-state index contributed by atoms with van der Waals surface area (Å²) in [6.07, 6.45) is 3.24. The molecule has 0 aliphatic carbocycles. The zero-order valence-corrected chi connectivity index (χ0v) is 10.5. The third-order valence-corrected chi connectivity index (χ3v) is 5.89. The second kappa shape index (κ2) is 4.53. The summed E-state index contributed by atoms with van der Waals surface area (Å²) in [6.45, 7) is 5.67. The highest BCUT2D eigenvalue weighted by Crippen LogP contribution is 2.28. The van der Waals surface area contributed by atoms with Crippen molar-refractivity contribution >= 4 is 20.6 Å². The van der Waals surface area contributed by atoms with Crippen LogP contribution in [0.2, 0.25) is 0 Å². The Morgan fingerprint density at radius 2 is 2.36 bits per heavy atom. The van der Waals surface area contributed by atoms with E-state index in [4.69, 9.17) is 4.74 Å². The van der Waals surface area contributed by atoms with Crippen molar-refractivity contribution in [2.24, 2.45) is 5.92 Å². The minimum absolute atomic E-state index is 0.621. The summed E-state index contributed by atoms with van der Waals surface area (Å²) in [4.78, 5) is 0. The molecule has 1 nitrogen and oxygen atoms in total. The molecule has 1 fully saturated rings. The van der Waals surface area contributed by atoms with Crippen LogP contribution in [0.15, 0.2) is 0 Å². The molecule has 0 radical (unpaired) electrons. The van der Waals surface area contributed by atoms with Crippen molar-refractivity contribution in [3.05, 3.63) is 0 Å². The van der Waals surface area contributed by atoms with E-state index in [1.165, 1.54) is 22.2 Å². The van der Waals surface area contributed by atoms with Crippen molar-refractivity contribution in [2.75, 3.05) is 6.61 Å². The number of hydrogen-bond acceptors (Lipinski definition) is 2. The van der Waals surface area contributed by atoms with Gasteiger partial charge in [-0.05, 0) is 17.6 Å². The molecular formula is C8H18OSSi. The third kappa shape index (κ3) is 3.17. The molecule has 1 heterocycles. The molecule has 0 aromatic rings. The van der Waals surface area contributed by atoms with Gasteiger partial charge in [-0.1, -0.05) is 20.3 Å². The number of ether oxygens (including phenoxy) is 1. The Hall–Kier alpha value is 0.527. The minimum atomic E-state index is 0.621. The first kappa shape index (κ1) is 9.61. The zero-order valence-electron chi connectivity index (χ0n) is 7.67. The molecule has 0 aromatic carbocycles. The zero-order chi connectivity index (χ0) is 8.27. The first-order valence-electron chi connectivity index (χ1n) is 4.42. The quantitative estimate of drug-likeness (QED) is 0.477. The monoisotopic (exact) mass is 190 g/mol. The van der Waals surface area contributed by atoms with Crippen molar-refractivity contribution in [3.63, 3.8) is 0 Å². The largest absolute Gasteiger partial charge is 0.373 e. The summed E-state index contributed by atoms with van der Waals surface area (Å²) in [6, 6.07) is 0. The third-order valence-electron chi connectivity index (χ3n) is 2.53. The fourth-order valence-corrected chi connectivity index (χ4v) is 3.27. The van der Waals surface area contributed by atoms with Crippen LogP contribution in [0, 0.1) is 5.92 Å². The summed E-state index contributed by atoms with van der Waals surface area (Å²) >= 11 is 2.11. The van der Waals surface area contributed by atoms with Crippen LogP contribution in [0.1, 0.15) is 26.7 Å². The van der Waals surface area contributed by atoms with Crippen LogP contribution in [-0.4, -0.2) is 27.4 Å². The maximum absolute atomic E-state index is 5.24. The van der Waals surface area contributed by atoms with Crippen molar-refractivity contribution in [1.29, 1.82) is 0 Å². The second-order valence-corrected chi connectivity index (χ2v) is 5.93. The lowest BCUT2D eigenvalue weighted by molar-refractivity contribution is 0.346. The lowest BCUT2D eigenvalue weighted by atomic mass is 9.97. The molecule has 1 aliphatic rings. The smallest absolute Gasteiger partial charge is 0.0813 e. The van der Waals surface area contributed by atoms with Gasteiger partial charge in [-0.25, -0.2) is 0 Å². The van der Waals surface area contributed by atoms with Gasteiger partial charge in [-0.2, -0.15) is 11.2 Å². The standard InChI is InChI=1S/C8H18OSSi/c1-3-7(6(2)10-11)4-8-5-9-8/h6-8H,3-5H2,1-2,11H3. The fourth-order valence-electron chi connectivity index (χ4n) is 1.42. The molecule has 0 bridgehead atoms. The Labute approximate surface area is 76.3 Å². The highest BCUT2D eigenvalue weighted by atomic mass is 32.4. The molecule has 1 saturated heterocycles. The molecule has 3 unspecified atom stereocenters. The molecule has 0 N–H and O–H groups in total. The highest BCUT2D eigenvalue weighted by Gasteiger charge is 2.27. The van der Waals surface area contributed by atoms with Crippen molar-refractivity contribution in [3.8, 4) is 0 Å².